The van der Waals surface area contributed by atoms with Crippen LogP contribution in [0, 0.1) is 5.92 Å². The zero-order valence-electron chi connectivity index (χ0n) is 13.4. The van der Waals surface area contributed by atoms with Crippen molar-refractivity contribution in [2.75, 3.05) is 13.7 Å². The number of Topliss-reactive ketones (excluding diaryl/α,β-unsaturated/α-hetero) is 1. The molecule has 0 N–H and O–H groups in total. The Balaban J connectivity index is 2.06. The van der Waals surface area contributed by atoms with E-state index in [9.17, 15) is 14.4 Å². The van der Waals surface area contributed by atoms with Gasteiger partial charge in [0.05, 0.1) is 6.61 Å². The summed E-state index contributed by atoms with van der Waals surface area (Å²) in [6.45, 7) is 3.54. The maximum Gasteiger partial charge on any atom is 0.375 e. The van der Waals surface area contributed by atoms with E-state index >= 15 is 0 Å². The number of nitrogens with zero attached hydrogens (tertiary/aromatic N) is 1. The van der Waals surface area contributed by atoms with E-state index in [-0.39, 0.29) is 12.5 Å². The highest BCUT2D eigenvalue weighted by Crippen LogP contribution is 2.49. The van der Waals surface area contributed by atoms with E-state index in [1.165, 1.54) is 4.90 Å². The molecule has 1 aromatic carbocycles. The molecular weight excluding hydrogens is 298 g/mol. The first-order valence-corrected chi connectivity index (χ1v) is 7.65. The Kier molecular flexibility index (Phi) is 3.62. The van der Waals surface area contributed by atoms with Crippen molar-refractivity contribution >= 4 is 17.7 Å². The highest BCUT2D eigenvalue weighted by molar-refractivity contribution is 6.38. The Morgan fingerprint density at radius 1 is 1.39 bits per heavy atom. The van der Waals surface area contributed by atoms with Crippen LogP contribution in [-0.2, 0) is 19.1 Å². The normalized spacial score (nSPS) is 28.7. The van der Waals surface area contributed by atoms with Gasteiger partial charge in [-0.15, -0.1) is 0 Å². The topological polar surface area (TPSA) is 72.9 Å². The van der Waals surface area contributed by atoms with Crippen LogP contribution in [0.4, 0.5) is 0 Å². The highest BCUT2D eigenvalue weighted by Gasteiger charge is 2.55. The van der Waals surface area contributed by atoms with Crippen LogP contribution in [0.1, 0.15) is 31.7 Å². The molecule has 0 unspecified atom stereocenters. The highest BCUT2D eigenvalue weighted by atomic mass is 16.5. The third-order valence-electron chi connectivity index (χ3n) is 4.71. The molecule has 1 aromatic rings. The number of rotatable bonds is 3. The number of likely N-dealkylation sites (tertiary alicyclic amines) is 1. The van der Waals surface area contributed by atoms with Gasteiger partial charge in [0.25, 0.3) is 5.78 Å². The lowest BCUT2D eigenvalue weighted by Gasteiger charge is -2.51. The van der Waals surface area contributed by atoms with Crippen molar-refractivity contribution in [1.29, 1.82) is 0 Å². The molecule has 0 saturated carbocycles. The summed E-state index contributed by atoms with van der Waals surface area (Å²) in [5, 5.41) is 0. The SMILES string of the molecule is CCOC(=O)C(=O)[C@@H]1C(=O)N(C)[C@]2(C)C[C@@H]1c1ccccc1O2. The maximum atomic E-state index is 12.7. The molecule has 2 heterocycles. The van der Waals surface area contributed by atoms with Gasteiger partial charge >= 0.3 is 5.97 Å². The van der Waals surface area contributed by atoms with E-state index < -0.39 is 29.3 Å². The number of ketones is 1. The predicted molar refractivity (Wildman–Crippen MR) is 80.7 cm³/mol. The van der Waals surface area contributed by atoms with Crippen LogP contribution in [0.15, 0.2) is 24.3 Å². The summed E-state index contributed by atoms with van der Waals surface area (Å²) >= 11 is 0. The quantitative estimate of drug-likeness (QED) is 0.480. The van der Waals surface area contributed by atoms with Gasteiger partial charge < -0.3 is 14.4 Å². The summed E-state index contributed by atoms with van der Waals surface area (Å²) in [7, 11) is 1.60. The smallest absolute Gasteiger partial charge is 0.375 e. The number of ether oxygens (including phenoxy) is 2. The van der Waals surface area contributed by atoms with Crippen LogP contribution in [0.25, 0.3) is 0 Å². The Morgan fingerprint density at radius 3 is 2.78 bits per heavy atom. The molecule has 2 aliphatic rings. The van der Waals surface area contributed by atoms with E-state index in [4.69, 9.17) is 9.47 Å². The number of hydrogen-bond donors (Lipinski definition) is 0. The molecule has 1 saturated heterocycles. The number of carbonyl (C=O) groups is 3. The number of para-hydroxylation sites is 1. The first-order chi connectivity index (χ1) is 10.9. The molecular formula is C17H19NO5. The number of amides is 1. The van der Waals surface area contributed by atoms with Gasteiger partial charge in [0.2, 0.25) is 5.91 Å². The van der Waals surface area contributed by atoms with Crippen LogP contribution < -0.4 is 4.74 Å². The van der Waals surface area contributed by atoms with Gasteiger partial charge in [-0.25, -0.2) is 4.79 Å². The fraction of sp³-hybridized carbons (Fsp3) is 0.471. The first-order valence-electron chi connectivity index (χ1n) is 7.65. The Bertz CT molecular complexity index is 685. The van der Waals surface area contributed by atoms with Gasteiger partial charge in [0.15, 0.2) is 5.72 Å². The number of hydrogen-bond acceptors (Lipinski definition) is 5. The number of carbonyl (C=O) groups excluding carboxylic acids is 3. The average molecular weight is 317 g/mol. The summed E-state index contributed by atoms with van der Waals surface area (Å²) in [5.74, 6) is -2.94. The average Bonchev–Trinajstić information content (AvgIpc) is 2.53. The Labute approximate surface area is 134 Å². The molecule has 23 heavy (non-hydrogen) atoms. The lowest BCUT2D eigenvalue weighted by atomic mass is 9.72. The third kappa shape index (κ3) is 2.29. The van der Waals surface area contributed by atoms with E-state index in [0.29, 0.717) is 12.2 Å². The Morgan fingerprint density at radius 2 is 2.09 bits per heavy atom. The van der Waals surface area contributed by atoms with Crippen LogP contribution in [-0.4, -0.2) is 41.9 Å². The van der Waals surface area contributed by atoms with Gasteiger partial charge in [-0.2, -0.15) is 0 Å². The minimum atomic E-state index is -1.06. The van der Waals surface area contributed by atoms with Crippen LogP contribution in [0.5, 0.6) is 5.75 Å². The zero-order valence-corrected chi connectivity index (χ0v) is 13.4. The van der Waals surface area contributed by atoms with Crippen molar-refractivity contribution in [3.8, 4) is 5.75 Å². The minimum absolute atomic E-state index is 0.101. The molecule has 0 aliphatic carbocycles. The third-order valence-corrected chi connectivity index (χ3v) is 4.71. The molecule has 0 radical (unpaired) electrons. The lowest BCUT2D eigenvalue weighted by molar-refractivity contribution is -0.175. The van der Waals surface area contributed by atoms with Gasteiger partial charge in [-0.05, 0) is 25.5 Å². The number of piperidine rings is 1. The molecule has 122 valence electrons. The summed E-state index contributed by atoms with van der Waals surface area (Å²) in [6, 6.07) is 7.33. The van der Waals surface area contributed by atoms with Crippen molar-refractivity contribution in [1.82, 2.24) is 4.90 Å². The van der Waals surface area contributed by atoms with Crippen molar-refractivity contribution in [2.24, 2.45) is 5.92 Å². The van der Waals surface area contributed by atoms with Crippen molar-refractivity contribution in [2.45, 2.75) is 31.9 Å². The van der Waals surface area contributed by atoms with Crippen molar-refractivity contribution < 1.29 is 23.9 Å². The predicted octanol–water partition coefficient (Wildman–Crippen LogP) is 1.49. The van der Waals surface area contributed by atoms with Gasteiger partial charge in [0, 0.05) is 19.4 Å². The molecule has 6 nitrogen and oxygen atoms in total. The lowest BCUT2D eigenvalue weighted by Crippen LogP contribution is -2.62. The van der Waals surface area contributed by atoms with Crippen LogP contribution in [0.3, 0.4) is 0 Å². The second-order valence-corrected chi connectivity index (χ2v) is 6.09. The van der Waals surface area contributed by atoms with Crippen LogP contribution in [0.2, 0.25) is 0 Å². The summed E-state index contributed by atoms with van der Waals surface area (Å²) in [5.41, 5.74) is -0.0317. The zero-order chi connectivity index (χ0) is 16.8. The molecule has 2 bridgehead atoms. The second-order valence-electron chi connectivity index (χ2n) is 6.09. The monoisotopic (exact) mass is 317 g/mol. The van der Waals surface area contributed by atoms with E-state index in [1.54, 1.807) is 14.0 Å². The molecule has 1 amide bonds. The van der Waals surface area contributed by atoms with Crippen molar-refractivity contribution in [3.05, 3.63) is 29.8 Å². The minimum Gasteiger partial charge on any atom is -0.468 e. The first kappa shape index (κ1) is 15.5. The molecule has 0 spiro atoms. The van der Waals surface area contributed by atoms with E-state index in [1.807, 2.05) is 31.2 Å². The van der Waals surface area contributed by atoms with Crippen molar-refractivity contribution in [3.63, 3.8) is 0 Å². The molecule has 1 fully saturated rings. The molecule has 6 heteroatoms. The largest absolute Gasteiger partial charge is 0.468 e. The second kappa shape index (κ2) is 5.37. The van der Waals surface area contributed by atoms with E-state index in [2.05, 4.69) is 0 Å². The fourth-order valence-electron chi connectivity index (χ4n) is 3.42. The summed E-state index contributed by atoms with van der Waals surface area (Å²) in [6.07, 6.45) is 0.460. The molecule has 3 rings (SSSR count). The van der Waals surface area contributed by atoms with Gasteiger partial charge in [0.1, 0.15) is 11.7 Å². The molecule has 0 aromatic heterocycles. The maximum absolute atomic E-state index is 12.7. The van der Waals surface area contributed by atoms with E-state index in [0.717, 1.165) is 5.56 Å². The summed E-state index contributed by atoms with van der Waals surface area (Å²) < 4.78 is 10.8. The van der Waals surface area contributed by atoms with Gasteiger partial charge in [-0.1, -0.05) is 18.2 Å². The molecule has 3 atom stereocenters. The number of fused-ring (bicyclic) bond motifs is 4. The van der Waals surface area contributed by atoms with Gasteiger partial charge in [-0.3, -0.25) is 9.59 Å². The standard InChI is InChI=1S/C17H19NO5/c1-4-22-16(21)14(19)13-11-9-17(2,18(3)15(13)20)23-12-8-6-5-7-10(11)12/h5-8,11,13H,4,9H2,1-3H3/t11-,13-,17+/m1/s1. The fourth-order valence-corrected chi connectivity index (χ4v) is 3.42. The number of benzene rings is 1. The summed E-state index contributed by atoms with van der Waals surface area (Å²) in [4.78, 5) is 38.5. The Hall–Kier alpha value is -2.37. The molecule has 2 aliphatic heterocycles. The van der Waals surface area contributed by atoms with Crippen LogP contribution >= 0.6 is 0 Å². The number of esters is 1.